The van der Waals surface area contributed by atoms with Crippen molar-refractivity contribution in [2.75, 3.05) is 12.4 Å². The highest BCUT2D eigenvalue weighted by Gasteiger charge is 2.12. The van der Waals surface area contributed by atoms with E-state index in [-0.39, 0.29) is 0 Å². The van der Waals surface area contributed by atoms with Gasteiger partial charge in [0.15, 0.2) is 0 Å². The lowest BCUT2D eigenvalue weighted by molar-refractivity contribution is 0.295. The predicted molar refractivity (Wildman–Crippen MR) is 93.8 cm³/mol. The van der Waals surface area contributed by atoms with Gasteiger partial charge < -0.3 is 4.74 Å². The van der Waals surface area contributed by atoms with E-state index in [9.17, 15) is 0 Å². The van der Waals surface area contributed by atoms with Crippen molar-refractivity contribution in [2.24, 2.45) is 0 Å². The molecule has 0 aliphatic carbocycles. The maximum Gasteiger partial charge on any atom is 0.122 e. The summed E-state index contributed by atoms with van der Waals surface area (Å²) in [5.74, 6) is 2.61. The SMILES string of the molecule is Cc1ccc(C(C)C)cc1OCC(CS)c1ccccc1. The highest BCUT2D eigenvalue weighted by Crippen LogP contribution is 2.26. The Hall–Kier alpha value is -1.41. The van der Waals surface area contributed by atoms with E-state index in [0.717, 1.165) is 11.5 Å². The second-order valence-electron chi connectivity index (χ2n) is 5.78. The molecule has 2 rings (SSSR count). The molecule has 0 heterocycles. The summed E-state index contributed by atoms with van der Waals surface area (Å²) in [7, 11) is 0. The van der Waals surface area contributed by atoms with Crippen LogP contribution in [0.25, 0.3) is 0 Å². The Morgan fingerprint density at radius 1 is 1.00 bits per heavy atom. The molecule has 0 bridgehead atoms. The Bertz CT molecular complexity index is 563. The van der Waals surface area contributed by atoms with Crippen LogP contribution in [-0.4, -0.2) is 12.4 Å². The molecule has 1 unspecified atom stereocenters. The van der Waals surface area contributed by atoms with Crippen molar-refractivity contribution < 1.29 is 4.74 Å². The lowest BCUT2D eigenvalue weighted by Crippen LogP contribution is -2.12. The third-order valence-corrected chi connectivity index (χ3v) is 4.25. The fourth-order valence-corrected chi connectivity index (χ4v) is 2.62. The number of benzene rings is 2. The normalized spacial score (nSPS) is 12.4. The summed E-state index contributed by atoms with van der Waals surface area (Å²) >= 11 is 4.47. The molecule has 2 aromatic rings. The lowest BCUT2D eigenvalue weighted by Gasteiger charge is -2.18. The monoisotopic (exact) mass is 300 g/mol. The number of hydrogen-bond donors (Lipinski definition) is 1. The third-order valence-electron chi connectivity index (χ3n) is 3.81. The van der Waals surface area contributed by atoms with Crippen LogP contribution in [0.5, 0.6) is 5.75 Å². The van der Waals surface area contributed by atoms with Gasteiger partial charge in [-0.2, -0.15) is 12.6 Å². The Morgan fingerprint density at radius 2 is 1.71 bits per heavy atom. The number of rotatable bonds is 6. The summed E-state index contributed by atoms with van der Waals surface area (Å²) in [5.41, 5.74) is 3.79. The quantitative estimate of drug-likeness (QED) is 0.720. The maximum absolute atomic E-state index is 6.09. The van der Waals surface area contributed by atoms with E-state index in [1.165, 1.54) is 16.7 Å². The van der Waals surface area contributed by atoms with Crippen molar-refractivity contribution in [1.82, 2.24) is 0 Å². The molecule has 0 spiro atoms. The smallest absolute Gasteiger partial charge is 0.122 e. The van der Waals surface area contributed by atoms with Gasteiger partial charge >= 0.3 is 0 Å². The molecule has 0 saturated heterocycles. The topological polar surface area (TPSA) is 9.23 Å². The first-order valence-electron chi connectivity index (χ1n) is 7.51. The first-order valence-corrected chi connectivity index (χ1v) is 8.14. The third kappa shape index (κ3) is 4.28. The minimum absolute atomic E-state index is 0.316. The molecule has 0 saturated carbocycles. The second kappa shape index (κ2) is 7.56. The van der Waals surface area contributed by atoms with Crippen molar-refractivity contribution in [3.8, 4) is 5.75 Å². The number of thiol groups is 1. The molecular weight excluding hydrogens is 276 g/mol. The maximum atomic E-state index is 6.09. The van der Waals surface area contributed by atoms with E-state index in [1.807, 2.05) is 6.07 Å². The first-order chi connectivity index (χ1) is 10.1. The summed E-state index contributed by atoms with van der Waals surface area (Å²) in [6.45, 7) is 7.16. The molecule has 0 aliphatic rings. The molecule has 112 valence electrons. The highest BCUT2D eigenvalue weighted by molar-refractivity contribution is 7.80. The van der Waals surface area contributed by atoms with E-state index in [1.54, 1.807) is 0 Å². The van der Waals surface area contributed by atoms with Crippen LogP contribution in [0.2, 0.25) is 0 Å². The van der Waals surface area contributed by atoms with Gasteiger partial charge in [-0.05, 0) is 35.6 Å². The standard InChI is InChI=1S/C19H24OS/c1-14(2)17-10-9-15(3)19(11-17)20-12-18(13-21)16-7-5-4-6-8-16/h4-11,14,18,21H,12-13H2,1-3H3. The number of hydrogen-bond acceptors (Lipinski definition) is 2. The zero-order valence-corrected chi connectivity index (χ0v) is 13.9. The van der Waals surface area contributed by atoms with Crippen molar-refractivity contribution in [3.63, 3.8) is 0 Å². The summed E-state index contributed by atoms with van der Waals surface area (Å²) in [6, 6.07) is 16.9. The van der Waals surface area contributed by atoms with Crippen molar-refractivity contribution in [3.05, 3.63) is 65.2 Å². The van der Waals surface area contributed by atoms with E-state index >= 15 is 0 Å². The first kappa shape index (κ1) is 16.0. The fourth-order valence-electron chi connectivity index (χ4n) is 2.30. The van der Waals surface area contributed by atoms with Gasteiger partial charge in [0.25, 0.3) is 0 Å². The molecule has 0 fully saturated rings. The van der Waals surface area contributed by atoms with Gasteiger partial charge in [0.1, 0.15) is 5.75 Å². The van der Waals surface area contributed by atoms with Crippen LogP contribution in [0.1, 0.15) is 42.4 Å². The average Bonchev–Trinajstić information content (AvgIpc) is 2.50. The minimum atomic E-state index is 0.316. The summed E-state index contributed by atoms with van der Waals surface area (Å²) in [5, 5.41) is 0. The predicted octanol–water partition coefficient (Wildman–Crippen LogP) is 5.21. The molecule has 0 radical (unpaired) electrons. The van der Waals surface area contributed by atoms with Crippen LogP contribution >= 0.6 is 12.6 Å². The molecule has 0 aliphatic heterocycles. The van der Waals surface area contributed by atoms with Crippen LogP contribution in [0.4, 0.5) is 0 Å². The van der Waals surface area contributed by atoms with Gasteiger partial charge in [-0.3, -0.25) is 0 Å². The average molecular weight is 300 g/mol. The molecule has 0 N–H and O–H groups in total. The largest absolute Gasteiger partial charge is 0.493 e. The van der Waals surface area contributed by atoms with Gasteiger partial charge in [-0.25, -0.2) is 0 Å². The fraction of sp³-hybridized carbons (Fsp3) is 0.368. The summed E-state index contributed by atoms with van der Waals surface area (Å²) < 4.78 is 6.09. The molecule has 2 heteroatoms. The molecule has 1 atom stereocenters. The van der Waals surface area contributed by atoms with E-state index in [4.69, 9.17) is 4.74 Å². The van der Waals surface area contributed by atoms with Gasteiger partial charge in [0, 0.05) is 11.7 Å². The zero-order valence-electron chi connectivity index (χ0n) is 13.0. The molecule has 0 amide bonds. The van der Waals surface area contributed by atoms with E-state index in [0.29, 0.717) is 18.4 Å². The molecule has 0 aromatic heterocycles. The molecule has 21 heavy (non-hydrogen) atoms. The van der Waals surface area contributed by atoms with E-state index < -0.39 is 0 Å². The molecule has 1 nitrogen and oxygen atoms in total. The number of aryl methyl sites for hydroxylation is 1. The Balaban J connectivity index is 2.09. The van der Waals surface area contributed by atoms with Gasteiger partial charge in [-0.15, -0.1) is 0 Å². The van der Waals surface area contributed by atoms with Crippen molar-refractivity contribution >= 4 is 12.6 Å². The van der Waals surface area contributed by atoms with Gasteiger partial charge in [0.2, 0.25) is 0 Å². The van der Waals surface area contributed by atoms with Crippen LogP contribution in [0, 0.1) is 6.92 Å². The zero-order chi connectivity index (χ0) is 15.2. The van der Waals surface area contributed by atoms with Gasteiger partial charge in [-0.1, -0.05) is 56.3 Å². The van der Waals surface area contributed by atoms with Gasteiger partial charge in [0.05, 0.1) is 6.61 Å². The second-order valence-corrected chi connectivity index (χ2v) is 6.15. The summed E-state index contributed by atoms with van der Waals surface area (Å²) in [6.07, 6.45) is 0. The number of ether oxygens (including phenoxy) is 1. The Labute approximate surface area is 133 Å². The van der Waals surface area contributed by atoms with Crippen LogP contribution in [0.15, 0.2) is 48.5 Å². The van der Waals surface area contributed by atoms with Crippen LogP contribution in [0.3, 0.4) is 0 Å². The van der Waals surface area contributed by atoms with Crippen LogP contribution < -0.4 is 4.74 Å². The molecule has 2 aromatic carbocycles. The highest BCUT2D eigenvalue weighted by atomic mass is 32.1. The lowest BCUT2D eigenvalue weighted by atomic mass is 10.0. The molecular formula is C19H24OS. The Morgan fingerprint density at radius 3 is 2.33 bits per heavy atom. The van der Waals surface area contributed by atoms with E-state index in [2.05, 4.69) is 75.9 Å². The Kier molecular flexibility index (Phi) is 5.75. The minimum Gasteiger partial charge on any atom is -0.493 e. The van der Waals surface area contributed by atoms with Crippen molar-refractivity contribution in [2.45, 2.75) is 32.6 Å². The van der Waals surface area contributed by atoms with Crippen molar-refractivity contribution in [1.29, 1.82) is 0 Å². The van der Waals surface area contributed by atoms with Crippen LogP contribution in [-0.2, 0) is 0 Å². The summed E-state index contributed by atoms with van der Waals surface area (Å²) in [4.78, 5) is 0.